The summed E-state index contributed by atoms with van der Waals surface area (Å²) >= 11 is 5.99. The number of aromatic nitrogens is 3. The fourth-order valence-corrected chi connectivity index (χ4v) is 2.73. The van der Waals surface area contributed by atoms with Gasteiger partial charge in [-0.25, -0.2) is 4.98 Å². The molecule has 5 heteroatoms. The van der Waals surface area contributed by atoms with E-state index in [-0.39, 0.29) is 5.56 Å². The van der Waals surface area contributed by atoms with E-state index in [0.717, 1.165) is 17.1 Å². The smallest absolute Gasteiger partial charge is 0.266 e. The number of nitrogens with zero attached hydrogens (tertiary/aromatic N) is 3. The maximum Gasteiger partial charge on any atom is 0.266 e. The Hall–Kier alpha value is -2.20. The Bertz CT molecular complexity index is 885. The van der Waals surface area contributed by atoms with E-state index in [1.807, 2.05) is 12.1 Å². The predicted octanol–water partition coefficient (Wildman–Crippen LogP) is 2.34. The Morgan fingerprint density at radius 2 is 2.16 bits per heavy atom. The molecular formula is C14H8ClN3O. The number of benzene rings is 1. The quantitative estimate of drug-likeness (QED) is 0.492. The summed E-state index contributed by atoms with van der Waals surface area (Å²) in [6.07, 6.45) is 3.85. The zero-order valence-electron chi connectivity index (χ0n) is 9.80. The van der Waals surface area contributed by atoms with Crippen molar-refractivity contribution in [2.24, 2.45) is 0 Å². The van der Waals surface area contributed by atoms with Crippen molar-refractivity contribution in [3.63, 3.8) is 0 Å². The maximum absolute atomic E-state index is 12.5. The van der Waals surface area contributed by atoms with Gasteiger partial charge in [0.2, 0.25) is 0 Å². The molecule has 4 rings (SSSR count). The van der Waals surface area contributed by atoms with Crippen molar-refractivity contribution >= 4 is 22.5 Å². The van der Waals surface area contributed by atoms with E-state index in [2.05, 4.69) is 9.97 Å². The molecule has 1 aliphatic rings. The fraction of sp³-hybridized carbons (Fsp3) is 0.0714. The molecule has 3 aromatic rings. The SMILES string of the molecule is O=c1c2ccncc2nc2n1-c1ccc(Cl)cc1C2. The van der Waals surface area contributed by atoms with Gasteiger partial charge in [-0.2, -0.15) is 0 Å². The van der Waals surface area contributed by atoms with Crippen LogP contribution in [0.5, 0.6) is 0 Å². The summed E-state index contributed by atoms with van der Waals surface area (Å²) in [7, 11) is 0. The molecule has 0 amide bonds. The second-order valence-corrected chi connectivity index (χ2v) is 4.95. The zero-order valence-corrected chi connectivity index (χ0v) is 10.6. The van der Waals surface area contributed by atoms with Gasteiger partial charge in [-0.3, -0.25) is 14.3 Å². The van der Waals surface area contributed by atoms with E-state index < -0.39 is 0 Å². The molecule has 0 radical (unpaired) electrons. The highest BCUT2D eigenvalue weighted by Crippen LogP contribution is 2.28. The first-order valence-corrected chi connectivity index (χ1v) is 6.26. The molecule has 1 aliphatic heterocycles. The molecule has 92 valence electrons. The van der Waals surface area contributed by atoms with Gasteiger partial charge in [0.1, 0.15) is 5.82 Å². The monoisotopic (exact) mass is 269 g/mol. The lowest BCUT2D eigenvalue weighted by molar-refractivity contribution is 0.913. The second-order valence-electron chi connectivity index (χ2n) is 4.51. The van der Waals surface area contributed by atoms with Crippen LogP contribution in [0.3, 0.4) is 0 Å². The Labute approximate surface area is 113 Å². The summed E-state index contributed by atoms with van der Waals surface area (Å²) in [5.74, 6) is 0.739. The normalized spacial score (nSPS) is 12.5. The summed E-state index contributed by atoms with van der Waals surface area (Å²) in [5.41, 5.74) is 2.48. The minimum absolute atomic E-state index is 0.0523. The molecule has 3 heterocycles. The van der Waals surface area contributed by atoms with Crippen molar-refractivity contribution in [3.8, 4) is 5.69 Å². The fourth-order valence-electron chi connectivity index (χ4n) is 2.53. The van der Waals surface area contributed by atoms with E-state index in [4.69, 9.17) is 11.6 Å². The lowest BCUT2D eigenvalue weighted by atomic mass is 10.1. The molecule has 4 nitrogen and oxygen atoms in total. The van der Waals surface area contributed by atoms with Crippen LogP contribution in [0.25, 0.3) is 16.6 Å². The second kappa shape index (κ2) is 3.65. The molecule has 0 saturated heterocycles. The number of hydrogen-bond donors (Lipinski definition) is 0. The van der Waals surface area contributed by atoms with Crippen LogP contribution in [0.2, 0.25) is 5.02 Å². The number of pyridine rings is 1. The Morgan fingerprint density at radius 3 is 3.05 bits per heavy atom. The average molecular weight is 270 g/mol. The standard InChI is InChI=1S/C14H8ClN3O/c15-9-1-2-12-8(5-9)6-13-17-11-7-16-4-3-10(11)14(19)18(12)13/h1-5,7H,6H2. The van der Waals surface area contributed by atoms with Crippen molar-refractivity contribution in [1.29, 1.82) is 0 Å². The molecule has 0 spiro atoms. The summed E-state index contributed by atoms with van der Waals surface area (Å²) in [4.78, 5) is 21.1. The van der Waals surface area contributed by atoms with Gasteiger partial charge in [0.25, 0.3) is 5.56 Å². The van der Waals surface area contributed by atoms with Crippen LogP contribution in [-0.2, 0) is 6.42 Å². The van der Waals surface area contributed by atoms with Crippen LogP contribution >= 0.6 is 11.6 Å². The Balaban J connectivity index is 2.13. The topological polar surface area (TPSA) is 47.8 Å². The lowest BCUT2D eigenvalue weighted by Gasteiger charge is -2.05. The first-order chi connectivity index (χ1) is 9.24. The van der Waals surface area contributed by atoms with Gasteiger partial charge >= 0.3 is 0 Å². The van der Waals surface area contributed by atoms with Crippen molar-refractivity contribution in [1.82, 2.24) is 14.5 Å². The zero-order chi connectivity index (χ0) is 13.0. The maximum atomic E-state index is 12.5. The molecule has 0 fully saturated rings. The highest BCUT2D eigenvalue weighted by atomic mass is 35.5. The first-order valence-electron chi connectivity index (χ1n) is 5.88. The van der Waals surface area contributed by atoms with Crippen molar-refractivity contribution in [2.75, 3.05) is 0 Å². The third kappa shape index (κ3) is 1.43. The highest BCUT2D eigenvalue weighted by Gasteiger charge is 2.22. The third-order valence-corrected chi connectivity index (χ3v) is 3.61. The molecule has 0 atom stereocenters. The molecular weight excluding hydrogens is 262 g/mol. The van der Waals surface area contributed by atoms with Crippen molar-refractivity contribution < 1.29 is 0 Å². The summed E-state index contributed by atoms with van der Waals surface area (Å²) < 4.78 is 1.66. The van der Waals surface area contributed by atoms with Gasteiger partial charge in [-0.1, -0.05) is 11.6 Å². The van der Waals surface area contributed by atoms with E-state index in [0.29, 0.717) is 22.3 Å². The van der Waals surface area contributed by atoms with Crippen LogP contribution in [0.4, 0.5) is 0 Å². The van der Waals surface area contributed by atoms with Gasteiger partial charge in [-0.05, 0) is 29.8 Å². The Morgan fingerprint density at radius 1 is 1.26 bits per heavy atom. The van der Waals surface area contributed by atoms with Crippen LogP contribution in [0.1, 0.15) is 11.4 Å². The minimum Gasteiger partial charge on any atom is -0.268 e. The summed E-state index contributed by atoms with van der Waals surface area (Å²) in [6.45, 7) is 0. The molecule has 0 aliphatic carbocycles. The van der Waals surface area contributed by atoms with E-state index in [1.54, 1.807) is 29.1 Å². The molecule has 0 N–H and O–H groups in total. The van der Waals surface area contributed by atoms with Crippen molar-refractivity contribution in [3.05, 3.63) is 63.4 Å². The number of rotatable bonds is 0. The average Bonchev–Trinajstić information content (AvgIpc) is 2.76. The van der Waals surface area contributed by atoms with Gasteiger partial charge in [0, 0.05) is 17.6 Å². The lowest BCUT2D eigenvalue weighted by Crippen LogP contribution is -2.20. The minimum atomic E-state index is -0.0523. The van der Waals surface area contributed by atoms with Gasteiger partial charge in [0.05, 0.1) is 22.8 Å². The third-order valence-electron chi connectivity index (χ3n) is 3.37. The summed E-state index contributed by atoms with van der Waals surface area (Å²) in [6, 6.07) is 7.24. The molecule has 2 aromatic heterocycles. The molecule has 0 unspecified atom stereocenters. The predicted molar refractivity (Wildman–Crippen MR) is 73.0 cm³/mol. The van der Waals surface area contributed by atoms with E-state index >= 15 is 0 Å². The van der Waals surface area contributed by atoms with Crippen molar-refractivity contribution in [2.45, 2.75) is 6.42 Å². The number of halogens is 1. The number of hydrogen-bond acceptors (Lipinski definition) is 3. The van der Waals surface area contributed by atoms with Gasteiger partial charge in [-0.15, -0.1) is 0 Å². The van der Waals surface area contributed by atoms with Gasteiger partial charge in [0.15, 0.2) is 0 Å². The molecule has 0 bridgehead atoms. The molecule has 1 aromatic carbocycles. The largest absolute Gasteiger partial charge is 0.268 e. The van der Waals surface area contributed by atoms with Crippen LogP contribution < -0.4 is 5.56 Å². The van der Waals surface area contributed by atoms with E-state index in [9.17, 15) is 4.79 Å². The molecule has 19 heavy (non-hydrogen) atoms. The highest BCUT2D eigenvalue weighted by molar-refractivity contribution is 6.30. The van der Waals surface area contributed by atoms with Gasteiger partial charge < -0.3 is 0 Å². The first kappa shape index (κ1) is 10.7. The van der Waals surface area contributed by atoms with Crippen LogP contribution in [-0.4, -0.2) is 14.5 Å². The summed E-state index contributed by atoms with van der Waals surface area (Å²) in [5, 5.41) is 1.26. The van der Waals surface area contributed by atoms with Crippen LogP contribution in [0, 0.1) is 0 Å². The molecule has 0 saturated carbocycles. The van der Waals surface area contributed by atoms with Crippen LogP contribution in [0.15, 0.2) is 41.5 Å². The number of fused-ring (bicyclic) bond motifs is 4. The van der Waals surface area contributed by atoms with E-state index in [1.165, 1.54) is 0 Å². The Kier molecular flexibility index (Phi) is 2.05.